The Hall–Kier alpha value is -1.76. The minimum atomic E-state index is 0.101. The van der Waals surface area contributed by atoms with Crippen LogP contribution in [-0.4, -0.2) is 0 Å². The molecule has 23 heavy (non-hydrogen) atoms. The molecular formula is C22H29N. The van der Waals surface area contributed by atoms with Crippen LogP contribution >= 0.6 is 0 Å². The van der Waals surface area contributed by atoms with Gasteiger partial charge in [-0.25, -0.2) is 0 Å². The second-order valence-corrected chi connectivity index (χ2v) is 6.69. The maximum atomic E-state index is 2.75. The predicted octanol–water partition coefficient (Wildman–Crippen LogP) is 6.24. The number of hydrogen-bond donors (Lipinski definition) is 0. The third-order valence-corrected chi connectivity index (χ3v) is 6.14. The van der Waals surface area contributed by atoms with Gasteiger partial charge in [-0.15, -0.1) is 0 Å². The van der Waals surface area contributed by atoms with Crippen molar-refractivity contribution in [1.29, 1.82) is 0 Å². The molecule has 0 saturated heterocycles. The number of rotatable bonds is 5. The molecule has 0 saturated carbocycles. The molecule has 0 amide bonds. The highest BCUT2D eigenvalue weighted by atomic mass is 15.3. The van der Waals surface area contributed by atoms with Crippen molar-refractivity contribution in [2.75, 3.05) is 4.90 Å². The lowest BCUT2D eigenvalue weighted by molar-refractivity contribution is 0.287. The van der Waals surface area contributed by atoms with Gasteiger partial charge in [0, 0.05) is 5.69 Å². The fraction of sp³-hybridized carbons (Fsp3) is 0.455. The van der Waals surface area contributed by atoms with Crippen LogP contribution in [0.4, 0.5) is 5.69 Å². The Morgan fingerprint density at radius 2 is 1.00 bits per heavy atom. The molecule has 1 aliphatic heterocycles. The van der Waals surface area contributed by atoms with Crippen molar-refractivity contribution in [3.63, 3.8) is 0 Å². The third-order valence-electron chi connectivity index (χ3n) is 6.14. The van der Waals surface area contributed by atoms with Crippen molar-refractivity contribution in [1.82, 2.24) is 0 Å². The summed E-state index contributed by atoms with van der Waals surface area (Å²) >= 11 is 0. The zero-order chi connectivity index (χ0) is 16.5. The quantitative estimate of drug-likeness (QED) is 0.632. The summed E-state index contributed by atoms with van der Waals surface area (Å²) in [7, 11) is 0. The Kier molecular flexibility index (Phi) is 4.23. The first kappa shape index (κ1) is 16.1. The molecule has 0 aromatic heterocycles. The molecule has 0 atom stereocenters. The van der Waals surface area contributed by atoms with Crippen LogP contribution in [0.1, 0.15) is 64.5 Å². The summed E-state index contributed by atoms with van der Waals surface area (Å²) in [6.45, 7) is 9.38. The molecular weight excluding hydrogens is 278 g/mol. The minimum Gasteiger partial charge on any atom is -0.352 e. The fourth-order valence-corrected chi connectivity index (χ4v) is 4.91. The van der Waals surface area contributed by atoms with Gasteiger partial charge in [-0.3, -0.25) is 0 Å². The standard InChI is InChI=1S/C22H29N/c1-5-21(6-2)19-16-12-13-17-20(19)22(7-3,8-4)23(21)18-14-10-9-11-15-18/h9-17H,5-8H2,1-4H3. The van der Waals surface area contributed by atoms with Gasteiger partial charge in [0.05, 0.1) is 11.1 Å². The molecule has 0 N–H and O–H groups in total. The van der Waals surface area contributed by atoms with Crippen molar-refractivity contribution in [2.45, 2.75) is 64.5 Å². The van der Waals surface area contributed by atoms with E-state index in [1.165, 1.54) is 16.8 Å². The minimum absolute atomic E-state index is 0.101. The molecule has 1 aliphatic rings. The Labute approximate surface area is 141 Å². The predicted molar refractivity (Wildman–Crippen MR) is 99.9 cm³/mol. The zero-order valence-electron chi connectivity index (χ0n) is 15.0. The number of fused-ring (bicyclic) bond motifs is 1. The SMILES string of the molecule is CCC1(CC)c2ccccc2C(CC)(CC)N1c1ccccc1. The third kappa shape index (κ3) is 2.06. The van der Waals surface area contributed by atoms with Gasteiger partial charge < -0.3 is 4.90 Å². The molecule has 0 radical (unpaired) electrons. The van der Waals surface area contributed by atoms with E-state index in [0.29, 0.717) is 0 Å². The van der Waals surface area contributed by atoms with E-state index < -0.39 is 0 Å². The topological polar surface area (TPSA) is 3.24 Å². The van der Waals surface area contributed by atoms with Crippen LogP contribution in [0, 0.1) is 0 Å². The highest BCUT2D eigenvalue weighted by molar-refractivity contribution is 5.63. The molecule has 0 fully saturated rings. The molecule has 1 nitrogen and oxygen atoms in total. The van der Waals surface area contributed by atoms with Gasteiger partial charge in [-0.2, -0.15) is 0 Å². The van der Waals surface area contributed by atoms with E-state index in [1.807, 2.05) is 0 Å². The summed E-state index contributed by atoms with van der Waals surface area (Å²) in [6.07, 6.45) is 4.54. The van der Waals surface area contributed by atoms with Gasteiger partial charge in [0.25, 0.3) is 0 Å². The number of anilines is 1. The lowest BCUT2D eigenvalue weighted by atomic mass is 9.83. The van der Waals surface area contributed by atoms with Crippen LogP contribution in [0.5, 0.6) is 0 Å². The van der Waals surface area contributed by atoms with Gasteiger partial charge in [0.1, 0.15) is 0 Å². The summed E-state index contributed by atoms with van der Waals surface area (Å²) in [5.41, 5.74) is 4.64. The first-order chi connectivity index (χ1) is 11.2. The van der Waals surface area contributed by atoms with Crippen LogP contribution < -0.4 is 4.90 Å². The lowest BCUT2D eigenvalue weighted by Gasteiger charge is -2.49. The Balaban J connectivity index is 2.34. The highest BCUT2D eigenvalue weighted by Crippen LogP contribution is 2.57. The number of para-hydroxylation sites is 1. The molecule has 2 aromatic carbocycles. The summed E-state index contributed by atoms with van der Waals surface area (Å²) in [5.74, 6) is 0. The average Bonchev–Trinajstić information content (AvgIpc) is 2.89. The van der Waals surface area contributed by atoms with Crippen molar-refractivity contribution in [3.05, 3.63) is 65.7 Å². The molecule has 122 valence electrons. The van der Waals surface area contributed by atoms with Crippen molar-refractivity contribution in [2.24, 2.45) is 0 Å². The Bertz CT molecular complexity index is 612. The molecule has 3 rings (SSSR count). The monoisotopic (exact) mass is 307 g/mol. The van der Waals surface area contributed by atoms with Gasteiger partial charge in [-0.1, -0.05) is 70.2 Å². The van der Waals surface area contributed by atoms with Crippen LogP contribution in [0.2, 0.25) is 0 Å². The van der Waals surface area contributed by atoms with Gasteiger partial charge in [-0.05, 0) is 48.9 Å². The number of hydrogen-bond acceptors (Lipinski definition) is 1. The van der Waals surface area contributed by atoms with Gasteiger partial charge in [0.15, 0.2) is 0 Å². The van der Waals surface area contributed by atoms with Gasteiger partial charge in [0.2, 0.25) is 0 Å². The second kappa shape index (κ2) is 6.03. The first-order valence-electron chi connectivity index (χ1n) is 9.15. The van der Waals surface area contributed by atoms with E-state index >= 15 is 0 Å². The number of nitrogens with zero attached hydrogens (tertiary/aromatic N) is 1. The molecule has 1 heteroatoms. The van der Waals surface area contributed by atoms with Crippen molar-refractivity contribution in [3.8, 4) is 0 Å². The lowest BCUT2D eigenvalue weighted by Crippen LogP contribution is -2.50. The maximum Gasteiger partial charge on any atom is 0.0661 e. The summed E-state index contributed by atoms with van der Waals surface area (Å²) < 4.78 is 0. The fourth-order valence-electron chi connectivity index (χ4n) is 4.91. The van der Waals surface area contributed by atoms with E-state index in [-0.39, 0.29) is 11.1 Å². The zero-order valence-corrected chi connectivity index (χ0v) is 15.0. The average molecular weight is 307 g/mol. The molecule has 0 spiro atoms. The molecule has 0 unspecified atom stereocenters. The summed E-state index contributed by atoms with van der Waals surface area (Å²) in [4.78, 5) is 2.75. The van der Waals surface area contributed by atoms with E-state index in [4.69, 9.17) is 0 Å². The normalized spacial score (nSPS) is 18.0. The van der Waals surface area contributed by atoms with E-state index in [9.17, 15) is 0 Å². The molecule has 2 aromatic rings. The van der Waals surface area contributed by atoms with Crippen LogP contribution in [-0.2, 0) is 11.1 Å². The van der Waals surface area contributed by atoms with Crippen molar-refractivity contribution >= 4 is 5.69 Å². The highest BCUT2D eigenvalue weighted by Gasteiger charge is 2.54. The van der Waals surface area contributed by atoms with Gasteiger partial charge >= 0.3 is 0 Å². The maximum absolute atomic E-state index is 2.75. The van der Waals surface area contributed by atoms with E-state index in [2.05, 4.69) is 87.2 Å². The summed E-state index contributed by atoms with van der Waals surface area (Å²) in [6, 6.07) is 20.2. The van der Waals surface area contributed by atoms with Crippen LogP contribution in [0.15, 0.2) is 54.6 Å². The smallest absolute Gasteiger partial charge is 0.0661 e. The molecule has 0 bridgehead atoms. The molecule has 1 heterocycles. The first-order valence-corrected chi connectivity index (χ1v) is 9.15. The van der Waals surface area contributed by atoms with E-state index in [0.717, 1.165) is 25.7 Å². The van der Waals surface area contributed by atoms with Crippen LogP contribution in [0.3, 0.4) is 0 Å². The summed E-state index contributed by atoms with van der Waals surface area (Å²) in [5, 5.41) is 0. The molecule has 0 aliphatic carbocycles. The second-order valence-electron chi connectivity index (χ2n) is 6.69. The van der Waals surface area contributed by atoms with Crippen molar-refractivity contribution < 1.29 is 0 Å². The Morgan fingerprint density at radius 1 is 0.609 bits per heavy atom. The number of benzene rings is 2. The van der Waals surface area contributed by atoms with Crippen LogP contribution in [0.25, 0.3) is 0 Å². The van der Waals surface area contributed by atoms with E-state index in [1.54, 1.807) is 0 Å². The largest absolute Gasteiger partial charge is 0.352 e. The Morgan fingerprint density at radius 3 is 1.39 bits per heavy atom.